The predicted molar refractivity (Wildman–Crippen MR) is 147 cm³/mol. The van der Waals surface area contributed by atoms with Gasteiger partial charge in [-0.2, -0.15) is 0 Å². The van der Waals surface area contributed by atoms with Crippen LogP contribution in [0.3, 0.4) is 0 Å². The van der Waals surface area contributed by atoms with Gasteiger partial charge in [-0.25, -0.2) is 4.79 Å². The number of aliphatic carboxylic acids is 1. The second-order valence-corrected chi connectivity index (χ2v) is 8.85. The van der Waals surface area contributed by atoms with Crippen molar-refractivity contribution in [3.05, 3.63) is 131 Å². The van der Waals surface area contributed by atoms with Crippen LogP contribution < -0.4 is 10.1 Å². The van der Waals surface area contributed by atoms with Crippen molar-refractivity contribution < 1.29 is 19.4 Å². The zero-order valence-electron chi connectivity index (χ0n) is 20.7. The Kier molecular flexibility index (Phi) is 8.16. The molecule has 0 fully saturated rings. The number of benzene rings is 4. The summed E-state index contributed by atoms with van der Waals surface area (Å²) in [5.74, 6) is -0.735. The molecule has 37 heavy (non-hydrogen) atoms. The molecule has 0 bridgehead atoms. The van der Waals surface area contributed by atoms with Crippen LogP contribution in [0.5, 0.6) is 5.75 Å². The second kappa shape index (κ2) is 11.9. The summed E-state index contributed by atoms with van der Waals surface area (Å²) in [6.45, 7) is 6.38. The zero-order valence-corrected chi connectivity index (χ0v) is 20.7. The van der Waals surface area contributed by atoms with Crippen molar-refractivity contribution >= 4 is 18.0 Å². The molecule has 0 saturated heterocycles. The minimum absolute atomic E-state index is 0.216. The highest BCUT2D eigenvalue weighted by atomic mass is 16.5. The van der Waals surface area contributed by atoms with Crippen LogP contribution in [0.15, 0.2) is 104 Å². The van der Waals surface area contributed by atoms with Gasteiger partial charge in [-0.15, -0.1) is 0 Å². The number of nitrogens with one attached hydrogen (secondary N) is 1. The molecule has 0 heterocycles. The topological polar surface area (TPSA) is 75.6 Å². The Morgan fingerprint density at radius 3 is 2.19 bits per heavy atom. The lowest BCUT2D eigenvalue weighted by atomic mass is 10.0. The predicted octanol–water partition coefficient (Wildman–Crippen LogP) is 6.31. The third-order valence-corrected chi connectivity index (χ3v) is 6.14. The Morgan fingerprint density at radius 2 is 1.57 bits per heavy atom. The molecule has 5 heteroatoms. The number of carbonyl (C=O) groups is 2. The van der Waals surface area contributed by atoms with Crippen molar-refractivity contribution in [1.82, 2.24) is 5.32 Å². The number of amides is 1. The molecule has 0 saturated carbocycles. The van der Waals surface area contributed by atoms with Gasteiger partial charge in [0.05, 0.1) is 0 Å². The summed E-state index contributed by atoms with van der Waals surface area (Å²) in [5.41, 5.74) is 6.49. The summed E-state index contributed by atoms with van der Waals surface area (Å²) >= 11 is 0. The van der Waals surface area contributed by atoms with E-state index in [-0.39, 0.29) is 6.42 Å². The number of hydrogen-bond donors (Lipinski definition) is 2. The Labute approximate surface area is 217 Å². The Hall–Kier alpha value is -4.64. The van der Waals surface area contributed by atoms with Crippen molar-refractivity contribution in [2.24, 2.45) is 0 Å². The number of carboxylic acid groups (broad SMARTS) is 1. The summed E-state index contributed by atoms with van der Waals surface area (Å²) in [6, 6.07) is 29.3. The van der Waals surface area contributed by atoms with Crippen LogP contribution in [-0.2, 0) is 17.8 Å². The number of ether oxygens (including phenoxy) is 1. The van der Waals surface area contributed by atoms with E-state index in [1.165, 1.54) is 5.56 Å². The quantitative estimate of drug-likeness (QED) is 0.273. The molecule has 0 radical (unpaired) electrons. The number of aryl methyl sites for hydroxylation is 1. The zero-order chi connectivity index (χ0) is 26.2. The van der Waals surface area contributed by atoms with Crippen LogP contribution in [0, 0.1) is 6.92 Å². The SMILES string of the molecule is C=Cc1cc(C)ccc1COc1ccc(-c2ccc(C(=O)NC(Cc3ccccc3)C(=O)O)cc2)cc1. The third-order valence-electron chi connectivity index (χ3n) is 6.14. The van der Waals surface area contributed by atoms with E-state index in [1.807, 2.05) is 79.7 Å². The lowest BCUT2D eigenvalue weighted by molar-refractivity contribution is -0.139. The fourth-order valence-corrected chi connectivity index (χ4v) is 4.05. The van der Waals surface area contributed by atoms with Crippen LogP contribution in [0.2, 0.25) is 0 Å². The Balaban J connectivity index is 1.37. The Morgan fingerprint density at radius 1 is 0.919 bits per heavy atom. The maximum absolute atomic E-state index is 12.7. The molecule has 0 aliphatic heterocycles. The smallest absolute Gasteiger partial charge is 0.326 e. The first kappa shape index (κ1) is 25.5. The minimum atomic E-state index is -1.07. The van der Waals surface area contributed by atoms with Crippen LogP contribution >= 0.6 is 0 Å². The lowest BCUT2D eigenvalue weighted by Crippen LogP contribution is -2.42. The molecular weight excluding hydrogens is 462 g/mol. The number of hydrogen-bond acceptors (Lipinski definition) is 3. The molecule has 186 valence electrons. The Bertz CT molecular complexity index is 1380. The normalized spacial score (nSPS) is 11.4. The van der Waals surface area contributed by atoms with Crippen LogP contribution in [-0.4, -0.2) is 23.0 Å². The van der Waals surface area contributed by atoms with E-state index in [0.29, 0.717) is 12.2 Å². The third kappa shape index (κ3) is 6.73. The molecule has 1 atom stereocenters. The molecule has 4 aromatic carbocycles. The van der Waals surface area contributed by atoms with Gasteiger partial charge < -0.3 is 15.2 Å². The highest BCUT2D eigenvalue weighted by molar-refractivity contribution is 5.97. The lowest BCUT2D eigenvalue weighted by Gasteiger charge is -2.15. The molecule has 1 amide bonds. The van der Waals surface area contributed by atoms with E-state index >= 15 is 0 Å². The van der Waals surface area contributed by atoms with Crippen molar-refractivity contribution in [2.45, 2.75) is 26.0 Å². The number of rotatable bonds is 10. The maximum atomic E-state index is 12.7. The van der Waals surface area contributed by atoms with Crippen molar-refractivity contribution in [3.8, 4) is 16.9 Å². The summed E-state index contributed by atoms with van der Waals surface area (Å²) in [5, 5.41) is 12.2. The summed E-state index contributed by atoms with van der Waals surface area (Å²) in [6.07, 6.45) is 2.05. The first-order chi connectivity index (χ1) is 17.9. The fourth-order valence-electron chi connectivity index (χ4n) is 4.05. The molecule has 0 aliphatic carbocycles. The molecule has 0 spiro atoms. The summed E-state index contributed by atoms with van der Waals surface area (Å²) < 4.78 is 5.97. The molecule has 0 aromatic heterocycles. The first-order valence-electron chi connectivity index (χ1n) is 12.1. The van der Waals surface area contributed by atoms with E-state index in [1.54, 1.807) is 12.1 Å². The average Bonchev–Trinajstić information content (AvgIpc) is 2.92. The minimum Gasteiger partial charge on any atom is -0.489 e. The van der Waals surface area contributed by atoms with Crippen molar-refractivity contribution in [2.75, 3.05) is 0 Å². The average molecular weight is 492 g/mol. The number of carbonyl (C=O) groups excluding carboxylic acids is 1. The molecule has 0 aliphatic rings. The van der Waals surface area contributed by atoms with Gasteiger partial charge in [0.2, 0.25) is 0 Å². The van der Waals surface area contributed by atoms with Crippen molar-refractivity contribution in [3.63, 3.8) is 0 Å². The standard InChI is InChI=1S/C32H29NO4/c1-3-24-19-22(2)9-10-28(24)21-37-29-17-15-26(16-18-29)25-11-13-27(14-12-25)31(34)33-30(32(35)36)20-23-7-5-4-6-8-23/h3-19,30H,1,20-21H2,2H3,(H,33,34)(H,35,36). The van der Waals surface area contributed by atoms with Crippen LogP contribution in [0.1, 0.15) is 32.6 Å². The highest BCUT2D eigenvalue weighted by Gasteiger charge is 2.21. The molecule has 5 nitrogen and oxygen atoms in total. The summed E-state index contributed by atoms with van der Waals surface area (Å²) in [7, 11) is 0. The largest absolute Gasteiger partial charge is 0.489 e. The van der Waals surface area contributed by atoms with E-state index in [2.05, 4.69) is 30.1 Å². The monoisotopic (exact) mass is 491 g/mol. The second-order valence-electron chi connectivity index (χ2n) is 8.85. The molecular formula is C32H29NO4. The molecule has 4 rings (SSSR count). The maximum Gasteiger partial charge on any atom is 0.326 e. The fraction of sp³-hybridized carbons (Fsp3) is 0.125. The van der Waals surface area contributed by atoms with E-state index < -0.39 is 17.9 Å². The van der Waals surface area contributed by atoms with Gasteiger partial charge in [0, 0.05) is 12.0 Å². The molecule has 1 unspecified atom stereocenters. The van der Waals surface area contributed by atoms with Crippen LogP contribution in [0.4, 0.5) is 0 Å². The number of carboxylic acids is 1. The van der Waals surface area contributed by atoms with Gasteiger partial charge >= 0.3 is 5.97 Å². The van der Waals surface area contributed by atoms with Gasteiger partial charge in [-0.1, -0.05) is 91.0 Å². The highest BCUT2D eigenvalue weighted by Crippen LogP contribution is 2.24. The van der Waals surface area contributed by atoms with Gasteiger partial charge in [0.1, 0.15) is 18.4 Å². The summed E-state index contributed by atoms with van der Waals surface area (Å²) in [4.78, 5) is 24.4. The van der Waals surface area contributed by atoms with E-state index in [0.717, 1.165) is 33.6 Å². The van der Waals surface area contributed by atoms with Gasteiger partial charge in [0.25, 0.3) is 5.91 Å². The van der Waals surface area contributed by atoms with Crippen LogP contribution in [0.25, 0.3) is 17.2 Å². The van der Waals surface area contributed by atoms with Gasteiger partial charge in [-0.3, -0.25) is 4.79 Å². The van der Waals surface area contributed by atoms with E-state index in [9.17, 15) is 14.7 Å². The van der Waals surface area contributed by atoms with Crippen molar-refractivity contribution in [1.29, 1.82) is 0 Å². The molecule has 2 N–H and O–H groups in total. The van der Waals surface area contributed by atoms with Gasteiger partial charge in [0.15, 0.2) is 0 Å². The van der Waals surface area contributed by atoms with Gasteiger partial charge in [-0.05, 0) is 59.0 Å². The first-order valence-corrected chi connectivity index (χ1v) is 12.1. The van der Waals surface area contributed by atoms with E-state index in [4.69, 9.17) is 4.74 Å². The molecule has 4 aromatic rings.